The minimum Gasteiger partial charge on any atom is -0.507 e. The van der Waals surface area contributed by atoms with Gasteiger partial charge in [-0.15, -0.1) is 0 Å². The van der Waals surface area contributed by atoms with Crippen molar-refractivity contribution in [1.82, 2.24) is 24.9 Å². The Hall–Kier alpha value is -4.45. The fraction of sp³-hybridized carbons (Fsp3) is 0. The molecule has 31 heavy (non-hydrogen) atoms. The third-order valence-electron chi connectivity index (χ3n) is 4.85. The molecule has 150 valence electrons. The van der Waals surface area contributed by atoms with E-state index in [-0.39, 0.29) is 5.75 Å². The van der Waals surface area contributed by atoms with Gasteiger partial charge in [0.05, 0.1) is 27.6 Å². The van der Waals surface area contributed by atoms with Gasteiger partial charge in [-0.2, -0.15) is 0 Å². The topological polar surface area (TPSA) is 90.5 Å². The maximum atomic E-state index is 9.73. The number of pyridine rings is 1. The van der Waals surface area contributed by atoms with Crippen LogP contribution in [0, 0.1) is 0 Å². The van der Waals surface area contributed by atoms with Gasteiger partial charge in [-0.1, -0.05) is 42.5 Å². The van der Waals surface area contributed by atoms with E-state index < -0.39 is 0 Å². The monoisotopic (exact) mass is 405 g/mol. The van der Waals surface area contributed by atoms with Crippen molar-refractivity contribution < 1.29 is 5.11 Å². The molecule has 6 heteroatoms. The molecular weight excluding hydrogens is 386 g/mol. The first kappa shape index (κ1) is 18.6. The third kappa shape index (κ3) is 3.86. The number of aromatic amines is 2. The van der Waals surface area contributed by atoms with Crippen LogP contribution in [0.15, 0.2) is 97.2 Å². The first-order chi connectivity index (χ1) is 15.3. The van der Waals surface area contributed by atoms with E-state index in [1.165, 1.54) is 0 Å². The van der Waals surface area contributed by atoms with Gasteiger partial charge in [-0.3, -0.25) is 4.98 Å². The number of H-pyrrole nitrogens is 2. The van der Waals surface area contributed by atoms with Crippen molar-refractivity contribution in [1.29, 1.82) is 0 Å². The Bertz CT molecular complexity index is 1390. The van der Waals surface area contributed by atoms with Crippen LogP contribution < -0.4 is 0 Å². The molecule has 0 saturated heterocycles. The molecule has 3 aromatic carbocycles. The highest BCUT2D eigenvalue weighted by Crippen LogP contribution is 2.27. The average Bonchev–Trinajstić information content (AvgIpc) is 3.45. The fourth-order valence-electron chi connectivity index (χ4n) is 3.33. The first-order valence-corrected chi connectivity index (χ1v) is 9.87. The number of hydrogen-bond acceptors (Lipinski definition) is 4. The Morgan fingerprint density at radius 3 is 1.81 bits per heavy atom. The molecule has 0 aliphatic carbocycles. The Balaban J connectivity index is 0.000000132. The number of benzene rings is 3. The minimum absolute atomic E-state index is 0.238. The first-order valence-electron chi connectivity index (χ1n) is 9.87. The number of nitrogens with zero attached hydrogens (tertiary/aromatic N) is 3. The number of nitrogens with one attached hydrogen (secondary N) is 2. The molecule has 6 aromatic rings. The zero-order valence-electron chi connectivity index (χ0n) is 16.5. The molecular formula is C25H19N5O. The van der Waals surface area contributed by atoms with E-state index in [9.17, 15) is 5.11 Å². The van der Waals surface area contributed by atoms with Gasteiger partial charge in [0.1, 0.15) is 17.3 Å². The molecule has 3 aromatic heterocycles. The van der Waals surface area contributed by atoms with Crippen LogP contribution in [0.1, 0.15) is 0 Å². The van der Waals surface area contributed by atoms with E-state index in [1.54, 1.807) is 18.3 Å². The number of aromatic hydroxyl groups is 1. The molecule has 0 aliphatic heterocycles. The lowest BCUT2D eigenvalue weighted by Gasteiger charge is -1.98. The molecule has 0 saturated carbocycles. The van der Waals surface area contributed by atoms with E-state index in [0.717, 1.165) is 39.1 Å². The SMILES string of the molecule is Oc1ccccc1-c1nc2ccccc2[nH]1.c1ccc(-c2nc3ccccc3[nH]2)nc1. The summed E-state index contributed by atoms with van der Waals surface area (Å²) in [7, 11) is 0. The Morgan fingerprint density at radius 1 is 0.581 bits per heavy atom. The van der Waals surface area contributed by atoms with Crippen LogP contribution in [0.3, 0.4) is 0 Å². The summed E-state index contributed by atoms with van der Waals surface area (Å²) < 4.78 is 0. The molecule has 3 heterocycles. The van der Waals surface area contributed by atoms with Crippen LogP contribution in [0.4, 0.5) is 0 Å². The van der Waals surface area contributed by atoms with Gasteiger partial charge in [0, 0.05) is 6.20 Å². The fourth-order valence-corrected chi connectivity index (χ4v) is 3.33. The van der Waals surface area contributed by atoms with Crippen molar-refractivity contribution in [3.8, 4) is 28.7 Å². The predicted molar refractivity (Wildman–Crippen MR) is 123 cm³/mol. The maximum Gasteiger partial charge on any atom is 0.157 e. The molecule has 0 spiro atoms. The zero-order valence-corrected chi connectivity index (χ0v) is 16.5. The van der Waals surface area contributed by atoms with Crippen molar-refractivity contribution in [3.63, 3.8) is 0 Å². The second-order valence-electron chi connectivity index (χ2n) is 6.94. The Morgan fingerprint density at radius 2 is 1.16 bits per heavy atom. The number of para-hydroxylation sites is 5. The highest BCUT2D eigenvalue weighted by Gasteiger charge is 2.08. The number of aromatic nitrogens is 5. The van der Waals surface area contributed by atoms with Crippen LogP contribution >= 0.6 is 0 Å². The summed E-state index contributed by atoms with van der Waals surface area (Å²) in [6, 6.07) is 28.7. The Kier molecular flexibility index (Phi) is 4.86. The van der Waals surface area contributed by atoms with Gasteiger partial charge in [-0.25, -0.2) is 9.97 Å². The molecule has 0 amide bonds. The van der Waals surface area contributed by atoms with Crippen LogP contribution in [-0.4, -0.2) is 30.0 Å². The maximum absolute atomic E-state index is 9.73. The van der Waals surface area contributed by atoms with Gasteiger partial charge in [0.2, 0.25) is 0 Å². The van der Waals surface area contributed by atoms with E-state index in [4.69, 9.17) is 0 Å². The molecule has 0 unspecified atom stereocenters. The molecule has 0 atom stereocenters. The summed E-state index contributed by atoms with van der Waals surface area (Å²) in [5.41, 5.74) is 5.48. The molecule has 0 aliphatic rings. The summed E-state index contributed by atoms with van der Waals surface area (Å²) in [5, 5.41) is 9.73. The summed E-state index contributed by atoms with van der Waals surface area (Å²) in [5.74, 6) is 1.75. The second kappa shape index (κ2) is 8.12. The molecule has 0 bridgehead atoms. The number of fused-ring (bicyclic) bond motifs is 2. The van der Waals surface area contributed by atoms with E-state index in [0.29, 0.717) is 5.82 Å². The largest absolute Gasteiger partial charge is 0.507 e. The van der Waals surface area contributed by atoms with Crippen molar-refractivity contribution in [2.45, 2.75) is 0 Å². The van der Waals surface area contributed by atoms with Crippen molar-refractivity contribution in [2.75, 3.05) is 0 Å². The number of hydrogen-bond donors (Lipinski definition) is 3. The molecule has 0 radical (unpaired) electrons. The summed E-state index contributed by atoms with van der Waals surface area (Å²) in [6.07, 6.45) is 1.77. The molecule has 3 N–H and O–H groups in total. The van der Waals surface area contributed by atoms with Gasteiger partial charge in [0.15, 0.2) is 5.82 Å². The standard InChI is InChI=1S/C13H10N2O.C12H9N3/c16-12-8-4-1-5-9(12)13-14-10-6-2-3-7-11(10)15-13;1-2-6-10-9(5-1)14-12(15-10)11-7-3-4-8-13-11/h1-8,16H,(H,14,15);1-8H,(H,14,15). The zero-order chi connectivity index (χ0) is 21.0. The van der Waals surface area contributed by atoms with Gasteiger partial charge < -0.3 is 15.1 Å². The van der Waals surface area contributed by atoms with Gasteiger partial charge >= 0.3 is 0 Å². The van der Waals surface area contributed by atoms with Crippen LogP contribution in [0.5, 0.6) is 5.75 Å². The minimum atomic E-state index is 0.238. The van der Waals surface area contributed by atoms with Crippen molar-refractivity contribution in [2.24, 2.45) is 0 Å². The predicted octanol–water partition coefficient (Wildman–Crippen LogP) is 5.56. The highest BCUT2D eigenvalue weighted by atomic mass is 16.3. The Labute approximate surface area is 178 Å². The van der Waals surface area contributed by atoms with Gasteiger partial charge in [-0.05, 0) is 48.5 Å². The van der Waals surface area contributed by atoms with E-state index >= 15 is 0 Å². The van der Waals surface area contributed by atoms with Crippen LogP contribution in [-0.2, 0) is 0 Å². The number of rotatable bonds is 2. The van der Waals surface area contributed by atoms with E-state index in [2.05, 4.69) is 24.9 Å². The molecule has 6 nitrogen and oxygen atoms in total. The van der Waals surface area contributed by atoms with E-state index in [1.807, 2.05) is 78.9 Å². The lowest BCUT2D eigenvalue weighted by Crippen LogP contribution is -1.82. The lowest BCUT2D eigenvalue weighted by molar-refractivity contribution is 0.477. The summed E-state index contributed by atoms with van der Waals surface area (Å²) in [6.45, 7) is 0. The number of imidazole rings is 2. The van der Waals surface area contributed by atoms with Crippen LogP contribution in [0.2, 0.25) is 0 Å². The average molecular weight is 405 g/mol. The van der Waals surface area contributed by atoms with Crippen molar-refractivity contribution in [3.05, 3.63) is 97.2 Å². The summed E-state index contributed by atoms with van der Waals surface area (Å²) >= 11 is 0. The lowest BCUT2D eigenvalue weighted by atomic mass is 10.2. The number of phenols is 1. The molecule has 0 fully saturated rings. The summed E-state index contributed by atoms with van der Waals surface area (Å²) in [4.78, 5) is 19.6. The molecule has 6 rings (SSSR count). The quantitative estimate of drug-likeness (QED) is 0.352. The van der Waals surface area contributed by atoms with Crippen LogP contribution in [0.25, 0.3) is 45.0 Å². The third-order valence-corrected chi connectivity index (χ3v) is 4.85. The van der Waals surface area contributed by atoms with Crippen molar-refractivity contribution >= 4 is 22.1 Å². The second-order valence-corrected chi connectivity index (χ2v) is 6.94. The van der Waals surface area contributed by atoms with Gasteiger partial charge in [0.25, 0.3) is 0 Å². The number of phenolic OH excluding ortho intramolecular Hbond substituents is 1. The highest BCUT2D eigenvalue weighted by molar-refractivity contribution is 5.80. The smallest absolute Gasteiger partial charge is 0.157 e. The normalized spacial score (nSPS) is 10.7.